The molecule has 1 aromatic carbocycles. The van der Waals surface area contributed by atoms with Gasteiger partial charge < -0.3 is 10.1 Å². The number of nitrogens with one attached hydrogen (secondary N) is 1. The van der Waals surface area contributed by atoms with E-state index in [-0.39, 0.29) is 24.4 Å². The number of hydrogen-bond donors (Lipinski definition) is 1. The molecule has 0 bridgehead atoms. The third-order valence-electron chi connectivity index (χ3n) is 4.38. The van der Waals surface area contributed by atoms with Crippen molar-refractivity contribution in [3.05, 3.63) is 52.5 Å². The molecule has 1 atom stereocenters. The molecule has 1 aromatic heterocycles. The fourth-order valence-electron chi connectivity index (χ4n) is 3.06. The smallest absolute Gasteiger partial charge is 0.258 e. The highest BCUT2D eigenvalue weighted by atomic mass is 32.1. The second kappa shape index (κ2) is 8.97. The van der Waals surface area contributed by atoms with E-state index in [1.807, 2.05) is 0 Å². The van der Waals surface area contributed by atoms with E-state index in [0.29, 0.717) is 12.3 Å². The van der Waals surface area contributed by atoms with Gasteiger partial charge in [-0.1, -0.05) is 12.5 Å². The van der Waals surface area contributed by atoms with Crippen molar-refractivity contribution in [1.82, 2.24) is 10.2 Å². The lowest BCUT2D eigenvalue weighted by Gasteiger charge is -2.34. The van der Waals surface area contributed by atoms with E-state index in [4.69, 9.17) is 4.74 Å². The first-order valence-electron chi connectivity index (χ1n) is 8.65. The predicted molar refractivity (Wildman–Crippen MR) is 97.4 cm³/mol. The van der Waals surface area contributed by atoms with Crippen molar-refractivity contribution in [2.24, 2.45) is 0 Å². The number of amides is 1. The number of thiophene rings is 1. The monoisotopic (exact) mass is 362 g/mol. The molecule has 4 nitrogen and oxygen atoms in total. The number of benzene rings is 1. The second-order valence-electron chi connectivity index (χ2n) is 6.17. The van der Waals surface area contributed by atoms with Crippen molar-refractivity contribution < 1.29 is 13.9 Å². The summed E-state index contributed by atoms with van der Waals surface area (Å²) in [4.78, 5) is 15.8. The average molecular weight is 362 g/mol. The maximum absolute atomic E-state index is 12.9. The fourth-order valence-corrected chi connectivity index (χ4v) is 3.92. The van der Waals surface area contributed by atoms with Crippen LogP contribution in [0.25, 0.3) is 0 Å². The van der Waals surface area contributed by atoms with Crippen LogP contribution < -0.4 is 10.1 Å². The first kappa shape index (κ1) is 17.9. The zero-order chi connectivity index (χ0) is 17.5. The van der Waals surface area contributed by atoms with E-state index < -0.39 is 0 Å². The third-order valence-corrected chi connectivity index (χ3v) is 5.35. The molecule has 1 amide bonds. The van der Waals surface area contributed by atoms with Gasteiger partial charge in [0.05, 0.1) is 6.04 Å². The van der Waals surface area contributed by atoms with Crippen molar-refractivity contribution in [3.63, 3.8) is 0 Å². The number of piperidine rings is 1. The molecule has 0 radical (unpaired) electrons. The SMILES string of the molecule is O=C(COc1ccc(F)cc1)NC[C@H](c1cccs1)N1CCCCC1. The topological polar surface area (TPSA) is 41.6 Å². The molecule has 2 heterocycles. The number of halogens is 1. The number of hydrogen-bond acceptors (Lipinski definition) is 4. The number of rotatable bonds is 7. The summed E-state index contributed by atoms with van der Waals surface area (Å²) < 4.78 is 18.3. The van der Waals surface area contributed by atoms with Crippen LogP contribution in [-0.4, -0.2) is 37.0 Å². The number of carbonyl (C=O) groups is 1. The summed E-state index contributed by atoms with van der Waals surface area (Å²) in [6, 6.07) is 10.1. The predicted octanol–water partition coefficient (Wildman–Crippen LogP) is 3.61. The van der Waals surface area contributed by atoms with Crippen molar-refractivity contribution in [3.8, 4) is 5.75 Å². The molecule has 1 fully saturated rings. The summed E-state index contributed by atoms with van der Waals surface area (Å²) in [7, 11) is 0. The zero-order valence-corrected chi connectivity index (χ0v) is 14.9. The molecule has 0 unspecified atom stereocenters. The van der Waals surface area contributed by atoms with Crippen LogP contribution >= 0.6 is 11.3 Å². The molecule has 1 aliphatic heterocycles. The minimum Gasteiger partial charge on any atom is -0.484 e. The quantitative estimate of drug-likeness (QED) is 0.818. The van der Waals surface area contributed by atoms with E-state index in [0.717, 1.165) is 13.1 Å². The van der Waals surface area contributed by atoms with E-state index in [2.05, 4.69) is 27.7 Å². The Bertz CT molecular complexity index is 655. The Labute approximate surface area is 151 Å². The summed E-state index contributed by atoms with van der Waals surface area (Å²) in [6.45, 7) is 2.66. The van der Waals surface area contributed by atoms with E-state index in [1.54, 1.807) is 11.3 Å². The third kappa shape index (κ3) is 5.28. The van der Waals surface area contributed by atoms with Gasteiger partial charge in [-0.2, -0.15) is 0 Å². The van der Waals surface area contributed by atoms with Gasteiger partial charge in [-0.05, 0) is 61.6 Å². The molecule has 1 aliphatic rings. The number of likely N-dealkylation sites (tertiary alicyclic amines) is 1. The van der Waals surface area contributed by atoms with Gasteiger partial charge in [0, 0.05) is 11.4 Å². The van der Waals surface area contributed by atoms with Gasteiger partial charge in [-0.25, -0.2) is 4.39 Å². The standard InChI is InChI=1S/C19H23FN2O2S/c20-15-6-8-16(9-7-15)24-14-19(23)21-13-17(18-5-4-12-25-18)22-10-2-1-3-11-22/h4-9,12,17H,1-3,10-11,13-14H2,(H,21,23)/t17-/m1/s1. The van der Waals surface area contributed by atoms with Crippen molar-refractivity contribution in [2.75, 3.05) is 26.2 Å². The van der Waals surface area contributed by atoms with Gasteiger partial charge in [0.15, 0.2) is 6.61 Å². The van der Waals surface area contributed by atoms with Crippen molar-refractivity contribution >= 4 is 17.2 Å². The Hall–Kier alpha value is -1.92. The first-order valence-corrected chi connectivity index (χ1v) is 9.53. The summed E-state index contributed by atoms with van der Waals surface area (Å²) in [5.74, 6) is 0.00222. The molecular formula is C19H23FN2O2S. The van der Waals surface area contributed by atoms with Crippen molar-refractivity contribution in [2.45, 2.75) is 25.3 Å². The van der Waals surface area contributed by atoms with Gasteiger partial charge in [-0.15, -0.1) is 11.3 Å². The molecule has 1 saturated heterocycles. The fraction of sp³-hybridized carbons (Fsp3) is 0.421. The normalized spacial score (nSPS) is 16.4. The lowest BCUT2D eigenvalue weighted by molar-refractivity contribution is -0.123. The van der Waals surface area contributed by atoms with Crippen LogP contribution in [0.15, 0.2) is 41.8 Å². The Morgan fingerprint density at radius 3 is 2.64 bits per heavy atom. The Morgan fingerprint density at radius 1 is 1.20 bits per heavy atom. The molecule has 134 valence electrons. The minimum atomic E-state index is -0.322. The highest BCUT2D eigenvalue weighted by molar-refractivity contribution is 7.10. The van der Waals surface area contributed by atoms with Crippen LogP contribution in [-0.2, 0) is 4.79 Å². The summed E-state index contributed by atoms with van der Waals surface area (Å²) in [5, 5.41) is 5.05. The lowest BCUT2D eigenvalue weighted by Crippen LogP contribution is -2.41. The van der Waals surface area contributed by atoms with Crippen LogP contribution in [0.4, 0.5) is 4.39 Å². The Balaban J connectivity index is 1.51. The van der Waals surface area contributed by atoms with E-state index >= 15 is 0 Å². The van der Waals surface area contributed by atoms with Gasteiger partial charge in [-0.3, -0.25) is 9.69 Å². The second-order valence-corrected chi connectivity index (χ2v) is 7.15. The molecule has 0 aliphatic carbocycles. The molecule has 0 spiro atoms. The van der Waals surface area contributed by atoms with E-state index in [9.17, 15) is 9.18 Å². The average Bonchev–Trinajstić information content (AvgIpc) is 3.17. The first-order chi connectivity index (χ1) is 12.2. The van der Waals surface area contributed by atoms with Gasteiger partial charge in [0.25, 0.3) is 5.91 Å². The molecule has 25 heavy (non-hydrogen) atoms. The van der Waals surface area contributed by atoms with Crippen LogP contribution in [0, 0.1) is 5.82 Å². The molecule has 0 saturated carbocycles. The molecular weight excluding hydrogens is 339 g/mol. The number of nitrogens with zero attached hydrogens (tertiary/aromatic N) is 1. The summed E-state index contributed by atoms with van der Waals surface area (Å²) >= 11 is 1.73. The van der Waals surface area contributed by atoms with Gasteiger partial charge in [0.1, 0.15) is 11.6 Å². The summed E-state index contributed by atoms with van der Waals surface area (Å²) in [5.41, 5.74) is 0. The van der Waals surface area contributed by atoms with Gasteiger partial charge >= 0.3 is 0 Å². The molecule has 1 N–H and O–H groups in total. The maximum atomic E-state index is 12.9. The van der Waals surface area contributed by atoms with Crippen LogP contribution in [0.1, 0.15) is 30.2 Å². The number of ether oxygens (including phenoxy) is 1. The lowest BCUT2D eigenvalue weighted by atomic mass is 10.1. The Morgan fingerprint density at radius 2 is 1.96 bits per heavy atom. The van der Waals surface area contributed by atoms with Crippen molar-refractivity contribution in [1.29, 1.82) is 0 Å². The van der Waals surface area contributed by atoms with Crippen LogP contribution in [0.5, 0.6) is 5.75 Å². The zero-order valence-electron chi connectivity index (χ0n) is 14.1. The summed E-state index contributed by atoms with van der Waals surface area (Å²) in [6.07, 6.45) is 3.71. The van der Waals surface area contributed by atoms with Gasteiger partial charge in [0.2, 0.25) is 0 Å². The minimum absolute atomic E-state index is 0.0667. The van der Waals surface area contributed by atoms with E-state index in [1.165, 1.54) is 48.4 Å². The van der Waals surface area contributed by atoms with Crippen LogP contribution in [0.3, 0.4) is 0 Å². The molecule has 3 rings (SSSR count). The number of carbonyl (C=O) groups excluding carboxylic acids is 1. The molecule has 6 heteroatoms. The highest BCUT2D eigenvalue weighted by Crippen LogP contribution is 2.27. The Kier molecular flexibility index (Phi) is 6.42. The highest BCUT2D eigenvalue weighted by Gasteiger charge is 2.23. The maximum Gasteiger partial charge on any atom is 0.258 e. The largest absolute Gasteiger partial charge is 0.484 e. The van der Waals surface area contributed by atoms with Crippen LogP contribution in [0.2, 0.25) is 0 Å². The molecule has 2 aromatic rings.